The van der Waals surface area contributed by atoms with Crippen molar-refractivity contribution in [3.05, 3.63) is 24.3 Å². The van der Waals surface area contributed by atoms with Crippen molar-refractivity contribution in [3.63, 3.8) is 0 Å². The van der Waals surface area contributed by atoms with Crippen LogP contribution in [0.5, 0.6) is 5.75 Å². The van der Waals surface area contributed by atoms with Crippen molar-refractivity contribution in [2.45, 2.75) is 32.7 Å². The minimum absolute atomic E-state index is 0.239. The van der Waals surface area contributed by atoms with Crippen LogP contribution < -0.4 is 15.4 Å². The number of rotatable bonds is 6. The summed E-state index contributed by atoms with van der Waals surface area (Å²) in [6.07, 6.45) is -4.51. The molecule has 1 amide bonds. The standard InChI is InChI=1S/C13H17F3N2O2/c1-9(2)17-7-6-12(19)18-10-4-3-5-11(8-10)20-13(14,15)16/h3-5,8-9,17H,6-7H2,1-2H3,(H,18,19). The molecule has 0 aliphatic heterocycles. The first-order valence-electron chi connectivity index (χ1n) is 6.15. The molecule has 0 fully saturated rings. The maximum absolute atomic E-state index is 12.1. The van der Waals surface area contributed by atoms with E-state index in [4.69, 9.17) is 0 Å². The molecule has 0 saturated carbocycles. The van der Waals surface area contributed by atoms with E-state index in [2.05, 4.69) is 15.4 Å². The zero-order chi connectivity index (χ0) is 15.2. The molecule has 7 heteroatoms. The molecule has 0 spiro atoms. The van der Waals surface area contributed by atoms with Crippen molar-refractivity contribution in [3.8, 4) is 5.75 Å². The van der Waals surface area contributed by atoms with Gasteiger partial charge in [-0.05, 0) is 12.1 Å². The molecule has 0 atom stereocenters. The molecule has 0 saturated heterocycles. The Morgan fingerprint density at radius 1 is 1.35 bits per heavy atom. The summed E-state index contributed by atoms with van der Waals surface area (Å²) in [7, 11) is 0. The zero-order valence-corrected chi connectivity index (χ0v) is 11.3. The third-order valence-corrected chi connectivity index (χ3v) is 2.26. The van der Waals surface area contributed by atoms with Gasteiger partial charge in [-0.2, -0.15) is 0 Å². The van der Waals surface area contributed by atoms with Crippen LogP contribution in [-0.4, -0.2) is 24.9 Å². The number of amides is 1. The lowest BCUT2D eigenvalue weighted by molar-refractivity contribution is -0.274. The van der Waals surface area contributed by atoms with Gasteiger partial charge in [-0.1, -0.05) is 19.9 Å². The van der Waals surface area contributed by atoms with Crippen LogP contribution in [0.25, 0.3) is 0 Å². The first kappa shape index (κ1) is 16.3. The number of hydrogen-bond acceptors (Lipinski definition) is 3. The van der Waals surface area contributed by atoms with Crippen molar-refractivity contribution >= 4 is 11.6 Å². The van der Waals surface area contributed by atoms with E-state index in [0.717, 1.165) is 6.07 Å². The molecule has 0 unspecified atom stereocenters. The highest BCUT2D eigenvalue weighted by molar-refractivity contribution is 5.90. The van der Waals surface area contributed by atoms with Gasteiger partial charge >= 0.3 is 6.36 Å². The number of alkyl halides is 3. The van der Waals surface area contributed by atoms with Gasteiger partial charge in [-0.3, -0.25) is 4.79 Å². The van der Waals surface area contributed by atoms with Gasteiger partial charge in [0.25, 0.3) is 0 Å². The smallest absolute Gasteiger partial charge is 0.406 e. The number of carbonyl (C=O) groups excluding carboxylic acids is 1. The Labute approximate surface area is 115 Å². The highest BCUT2D eigenvalue weighted by atomic mass is 19.4. The molecule has 1 aromatic rings. The molecule has 0 aliphatic carbocycles. The van der Waals surface area contributed by atoms with Gasteiger partial charge in [-0.25, -0.2) is 0 Å². The number of halogens is 3. The van der Waals surface area contributed by atoms with Crippen LogP contribution in [0.2, 0.25) is 0 Å². The highest BCUT2D eigenvalue weighted by Gasteiger charge is 2.31. The van der Waals surface area contributed by atoms with Crippen LogP contribution in [0.15, 0.2) is 24.3 Å². The summed E-state index contributed by atoms with van der Waals surface area (Å²) in [5, 5.41) is 5.59. The second-order valence-electron chi connectivity index (χ2n) is 4.48. The SMILES string of the molecule is CC(C)NCCC(=O)Nc1cccc(OC(F)(F)F)c1. The molecule has 4 nitrogen and oxygen atoms in total. The summed E-state index contributed by atoms with van der Waals surface area (Å²) in [6, 6.07) is 5.44. The van der Waals surface area contributed by atoms with Crippen LogP contribution in [-0.2, 0) is 4.79 Å². The van der Waals surface area contributed by atoms with Gasteiger partial charge in [0.1, 0.15) is 5.75 Å². The molecular weight excluding hydrogens is 273 g/mol. The highest BCUT2D eigenvalue weighted by Crippen LogP contribution is 2.24. The maximum Gasteiger partial charge on any atom is 0.573 e. The molecule has 0 aliphatic rings. The van der Waals surface area contributed by atoms with Crippen molar-refractivity contribution < 1.29 is 22.7 Å². The summed E-state index contributed by atoms with van der Waals surface area (Å²) in [4.78, 5) is 11.6. The monoisotopic (exact) mass is 290 g/mol. The van der Waals surface area contributed by atoms with Gasteiger partial charge < -0.3 is 15.4 Å². The number of benzene rings is 1. The lowest BCUT2D eigenvalue weighted by Crippen LogP contribution is -2.27. The topological polar surface area (TPSA) is 50.4 Å². The van der Waals surface area contributed by atoms with Gasteiger partial charge in [-0.15, -0.1) is 13.2 Å². The van der Waals surface area contributed by atoms with Crippen molar-refractivity contribution in [1.29, 1.82) is 0 Å². The van der Waals surface area contributed by atoms with Crippen LogP contribution in [0.3, 0.4) is 0 Å². The Bertz CT molecular complexity index is 447. The normalized spacial score (nSPS) is 11.5. The second kappa shape index (κ2) is 7.14. The van der Waals surface area contributed by atoms with Crippen LogP contribution in [0.4, 0.5) is 18.9 Å². The lowest BCUT2D eigenvalue weighted by Gasteiger charge is -2.11. The van der Waals surface area contributed by atoms with Crippen molar-refractivity contribution in [2.75, 3.05) is 11.9 Å². The molecule has 112 valence electrons. The molecule has 0 aromatic heterocycles. The maximum atomic E-state index is 12.1. The number of nitrogens with one attached hydrogen (secondary N) is 2. The predicted molar refractivity (Wildman–Crippen MR) is 69.5 cm³/mol. The molecule has 2 N–H and O–H groups in total. The summed E-state index contributed by atoms with van der Waals surface area (Å²) in [5.74, 6) is -0.641. The summed E-state index contributed by atoms with van der Waals surface area (Å²) in [5.41, 5.74) is 0.265. The minimum atomic E-state index is -4.75. The Kier molecular flexibility index (Phi) is 5.82. The van der Waals surface area contributed by atoms with E-state index < -0.39 is 6.36 Å². The van der Waals surface area contributed by atoms with E-state index in [-0.39, 0.29) is 29.8 Å². The molecule has 20 heavy (non-hydrogen) atoms. The molecular formula is C13H17F3N2O2. The third-order valence-electron chi connectivity index (χ3n) is 2.26. The van der Waals surface area contributed by atoms with Crippen LogP contribution in [0.1, 0.15) is 20.3 Å². The fourth-order valence-electron chi connectivity index (χ4n) is 1.47. The van der Waals surface area contributed by atoms with Crippen LogP contribution in [0, 0.1) is 0 Å². The van der Waals surface area contributed by atoms with Crippen molar-refractivity contribution in [2.24, 2.45) is 0 Å². The van der Waals surface area contributed by atoms with E-state index >= 15 is 0 Å². The fraction of sp³-hybridized carbons (Fsp3) is 0.462. The Balaban J connectivity index is 2.51. The minimum Gasteiger partial charge on any atom is -0.406 e. The number of carbonyl (C=O) groups is 1. The lowest BCUT2D eigenvalue weighted by atomic mass is 10.3. The summed E-state index contributed by atoms with van der Waals surface area (Å²) in [6.45, 7) is 4.41. The Morgan fingerprint density at radius 2 is 2.05 bits per heavy atom. The summed E-state index contributed by atoms with van der Waals surface area (Å²) >= 11 is 0. The van der Waals surface area contributed by atoms with E-state index in [1.165, 1.54) is 18.2 Å². The average Bonchev–Trinajstić information content (AvgIpc) is 2.26. The Morgan fingerprint density at radius 3 is 2.65 bits per heavy atom. The second-order valence-corrected chi connectivity index (χ2v) is 4.48. The van der Waals surface area contributed by atoms with Gasteiger partial charge in [0.05, 0.1) is 0 Å². The number of anilines is 1. The molecule has 1 aromatic carbocycles. The predicted octanol–water partition coefficient (Wildman–Crippen LogP) is 2.91. The number of hydrogen-bond donors (Lipinski definition) is 2. The van der Waals surface area contributed by atoms with E-state index in [1.807, 2.05) is 13.8 Å². The largest absolute Gasteiger partial charge is 0.573 e. The molecule has 0 bridgehead atoms. The van der Waals surface area contributed by atoms with Gasteiger partial charge in [0.2, 0.25) is 5.91 Å². The Hall–Kier alpha value is -1.76. The van der Waals surface area contributed by atoms with E-state index in [1.54, 1.807) is 0 Å². The van der Waals surface area contributed by atoms with Gasteiger partial charge in [0.15, 0.2) is 0 Å². The summed E-state index contributed by atoms with van der Waals surface area (Å²) < 4.78 is 40.0. The fourth-order valence-corrected chi connectivity index (χ4v) is 1.47. The molecule has 0 radical (unpaired) electrons. The average molecular weight is 290 g/mol. The quantitative estimate of drug-likeness (QED) is 0.847. The van der Waals surface area contributed by atoms with Gasteiger partial charge in [0, 0.05) is 30.8 Å². The van der Waals surface area contributed by atoms with Crippen molar-refractivity contribution in [1.82, 2.24) is 5.32 Å². The van der Waals surface area contributed by atoms with E-state index in [0.29, 0.717) is 6.54 Å². The first-order chi connectivity index (χ1) is 9.26. The first-order valence-corrected chi connectivity index (χ1v) is 6.15. The zero-order valence-electron chi connectivity index (χ0n) is 11.3. The molecule has 0 heterocycles. The molecule has 1 rings (SSSR count). The van der Waals surface area contributed by atoms with E-state index in [9.17, 15) is 18.0 Å². The third kappa shape index (κ3) is 6.98. The number of ether oxygens (including phenoxy) is 1. The van der Waals surface area contributed by atoms with Crippen LogP contribution >= 0.6 is 0 Å².